The van der Waals surface area contributed by atoms with Crippen molar-refractivity contribution in [2.45, 2.75) is 41.0 Å². The molecule has 0 aliphatic heterocycles. The van der Waals surface area contributed by atoms with Crippen molar-refractivity contribution in [2.24, 2.45) is 0 Å². The van der Waals surface area contributed by atoms with Crippen molar-refractivity contribution >= 4 is 5.97 Å². The predicted molar refractivity (Wildman–Crippen MR) is 81.5 cm³/mol. The van der Waals surface area contributed by atoms with Gasteiger partial charge in [-0.3, -0.25) is 4.98 Å². The molecule has 1 rings (SSSR count). The van der Waals surface area contributed by atoms with Crippen LogP contribution in [0.4, 0.5) is 0 Å². The van der Waals surface area contributed by atoms with Crippen LogP contribution in [0.2, 0.25) is 0 Å². The van der Waals surface area contributed by atoms with Gasteiger partial charge < -0.3 is 9.47 Å². The maximum atomic E-state index is 11.9. The van der Waals surface area contributed by atoms with E-state index < -0.39 is 5.97 Å². The lowest BCUT2D eigenvalue weighted by Gasteiger charge is -2.16. The monoisotopic (exact) mass is 279 g/mol. The molecule has 0 fully saturated rings. The predicted octanol–water partition coefficient (Wildman–Crippen LogP) is 3.64. The summed E-state index contributed by atoms with van der Waals surface area (Å²) in [4.78, 5) is 16.3. The summed E-state index contributed by atoms with van der Waals surface area (Å²) < 4.78 is 10.4. The highest BCUT2D eigenvalue weighted by Gasteiger charge is 2.22. The van der Waals surface area contributed by atoms with Crippen LogP contribution in [0.3, 0.4) is 0 Å². The largest absolute Gasteiger partial charge is 0.488 e. The number of aromatic nitrogens is 1. The minimum atomic E-state index is -0.415. The minimum absolute atomic E-state index is 0.345. The minimum Gasteiger partial charge on any atom is -0.488 e. The van der Waals surface area contributed by atoms with Gasteiger partial charge in [0.1, 0.15) is 17.9 Å². The van der Waals surface area contributed by atoms with Gasteiger partial charge in [-0.1, -0.05) is 33.4 Å². The molecule has 0 spiro atoms. The molecule has 4 heteroatoms. The van der Waals surface area contributed by atoms with E-state index in [0.29, 0.717) is 30.0 Å². The van der Waals surface area contributed by atoms with Crippen molar-refractivity contribution in [2.75, 3.05) is 13.7 Å². The number of aryl methyl sites for hydroxylation is 2. The second-order valence-corrected chi connectivity index (χ2v) is 3.92. The van der Waals surface area contributed by atoms with Crippen LogP contribution in [0.5, 0.6) is 5.75 Å². The average Bonchev–Trinajstić information content (AvgIpc) is 2.49. The zero-order valence-electron chi connectivity index (χ0n) is 13.4. The van der Waals surface area contributed by atoms with Crippen LogP contribution >= 0.6 is 0 Å². The summed E-state index contributed by atoms with van der Waals surface area (Å²) in [5, 5.41) is 0. The van der Waals surface area contributed by atoms with E-state index in [9.17, 15) is 4.79 Å². The fourth-order valence-corrected chi connectivity index (χ4v) is 1.72. The van der Waals surface area contributed by atoms with Crippen molar-refractivity contribution in [3.8, 4) is 5.75 Å². The Labute approximate surface area is 121 Å². The van der Waals surface area contributed by atoms with Crippen LogP contribution in [-0.2, 0) is 11.2 Å². The molecule has 1 aromatic rings. The number of carbonyl (C=O) groups excluding carboxylic acids is 1. The molecule has 0 bridgehead atoms. The molecule has 20 heavy (non-hydrogen) atoms. The highest BCUT2D eigenvalue weighted by molar-refractivity contribution is 5.94. The molecular formula is C16H25NO3. The fraction of sp³-hybridized carbons (Fsp3) is 0.500. The Morgan fingerprint density at radius 1 is 1.35 bits per heavy atom. The van der Waals surface area contributed by atoms with Crippen molar-refractivity contribution in [3.05, 3.63) is 35.2 Å². The number of esters is 1. The molecule has 0 aliphatic carbocycles. The molecular weight excluding hydrogens is 254 g/mol. The lowest BCUT2D eigenvalue weighted by Crippen LogP contribution is -2.13. The van der Waals surface area contributed by atoms with Crippen LogP contribution < -0.4 is 4.74 Å². The maximum absolute atomic E-state index is 11.9. The summed E-state index contributed by atoms with van der Waals surface area (Å²) in [5.41, 5.74) is 2.84. The van der Waals surface area contributed by atoms with E-state index in [1.807, 2.05) is 34.6 Å². The summed E-state index contributed by atoms with van der Waals surface area (Å²) in [5.74, 6) is 0.132. The Balaban J connectivity index is 0.00000172. The van der Waals surface area contributed by atoms with Crippen LogP contribution in [-0.4, -0.2) is 24.7 Å². The zero-order valence-corrected chi connectivity index (χ0v) is 13.4. The smallest absolute Gasteiger partial charge is 0.343 e. The number of nitrogens with zero attached hydrogens (tertiary/aromatic N) is 1. The number of methoxy groups -OCH3 is 1. The normalized spacial score (nSPS) is 9.30. The summed E-state index contributed by atoms with van der Waals surface area (Å²) in [6.07, 6.45) is 2.29. The average molecular weight is 279 g/mol. The van der Waals surface area contributed by atoms with Crippen LogP contribution in [0.25, 0.3) is 0 Å². The molecule has 1 aromatic heterocycles. The molecule has 0 aliphatic rings. The lowest BCUT2D eigenvalue weighted by atomic mass is 10.0. The van der Waals surface area contributed by atoms with Crippen molar-refractivity contribution < 1.29 is 14.3 Å². The van der Waals surface area contributed by atoms with Crippen molar-refractivity contribution in [3.63, 3.8) is 0 Å². The summed E-state index contributed by atoms with van der Waals surface area (Å²) in [7, 11) is 1.36. The standard InChI is InChI=1S/C14H19NO3.C2H6/c1-6-8-18-13-9(3)10(4)15-11(7-2)12(13)14(16)17-5;1-2/h6H,1,7-8H2,2-5H3;1-2H3. The summed E-state index contributed by atoms with van der Waals surface area (Å²) in [6.45, 7) is 13.7. The Morgan fingerprint density at radius 2 is 1.95 bits per heavy atom. The summed E-state index contributed by atoms with van der Waals surface area (Å²) in [6, 6.07) is 0. The molecule has 0 amide bonds. The number of pyridine rings is 1. The van der Waals surface area contributed by atoms with Gasteiger partial charge in [0.05, 0.1) is 12.8 Å². The van der Waals surface area contributed by atoms with Gasteiger partial charge in [-0.2, -0.15) is 0 Å². The zero-order chi connectivity index (χ0) is 15.7. The SMILES string of the molecule is C=CCOc1c(C)c(C)nc(CC)c1C(=O)OC.CC. The van der Waals surface area contributed by atoms with Gasteiger partial charge >= 0.3 is 5.97 Å². The van der Waals surface area contributed by atoms with Gasteiger partial charge in [-0.15, -0.1) is 0 Å². The molecule has 0 saturated heterocycles. The molecule has 0 N–H and O–H groups in total. The van der Waals surface area contributed by atoms with Gasteiger partial charge in [0.15, 0.2) is 0 Å². The molecule has 112 valence electrons. The van der Waals surface area contributed by atoms with Gasteiger partial charge in [-0.05, 0) is 20.3 Å². The van der Waals surface area contributed by atoms with E-state index in [4.69, 9.17) is 9.47 Å². The Morgan fingerprint density at radius 3 is 2.40 bits per heavy atom. The van der Waals surface area contributed by atoms with Crippen LogP contribution in [0.15, 0.2) is 12.7 Å². The number of ether oxygens (including phenoxy) is 2. The highest BCUT2D eigenvalue weighted by atomic mass is 16.5. The van der Waals surface area contributed by atoms with Gasteiger partial charge in [0, 0.05) is 11.3 Å². The number of carbonyl (C=O) groups is 1. The second kappa shape index (κ2) is 9.13. The van der Waals surface area contributed by atoms with Gasteiger partial charge in [0.2, 0.25) is 0 Å². The first kappa shape index (κ1) is 18.2. The molecule has 0 unspecified atom stereocenters. The number of hydrogen-bond donors (Lipinski definition) is 0. The third kappa shape index (κ3) is 4.08. The maximum Gasteiger partial charge on any atom is 0.343 e. The Bertz CT molecular complexity index is 467. The van der Waals surface area contributed by atoms with Crippen LogP contribution in [0, 0.1) is 13.8 Å². The first-order valence-electron chi connectivity index (χ1n) is 6.88. The van der Waals surface area contributed by atoms with Crippen molar-refractivity contribution in [1.29, 1.82) is 0 Å². The Kier molecular flexibility index (Phi) is 8.29. The molecule has 1 heterocycles. The highest BCUT2D eigenvalue weighted by Crippen LogP contribution is 2.29. The van der Waals surface area contributed by atoms with Crippen LogP contribution in [0.1, 0.15) is 48.1 Å². The van der Waals surface area contributed by atoms with E-state index in [1.165, 1.54) is 7.11 Å². The number of rotatable bonds is 5. The van der Waals surface area contributed by atoms with Gasteiger partial charge in [-0.25, -0.2) is 4.79 Å². The lowest BCUT2D eigenvalue weighted by molar-refractivity contribution is 0.0594. The third-order valence-electron chi connectivity index (χ3n) is 2.77. The van der Waals surface area contributed by atoms with E-state index in [0.717, 1.165) is 11.3 Å². The molecule has 0 saturated carbocycles. The Hall–Kier alpha value is -1.84. The van der Waals surface area contributed by atoms with E-state index >= 15 is 0 Å². The molecule has 0 atom stereocenters. The topological polar surface area (TPSA) is 48.4 Å². The second-order valence-electron chi connectivity index (χ2n) is 3.92. The molecule has 0 radical (unpaired) electrons. The third-order valence-corrected chi connectivity index (χ3v) is 2.77. The van der Waals surface area contributed by atoms with Gasteiger partial charge in [0.25, 0.3) is 0 Å². The molecule has 4 nitrogen and oxygen atoms in total. The van der Waals surface area contributed by atoms with Crippen molar-refractivity contribution in [1.82, 2.24) is 4.98 Å². The fourth-order valence-electron chi connectivity index (χ4n) is 1.72. The quantitative estimate of drug-likeness (QED) is 0.610. The first-order chi connectivity index (χ1) is 9.56. The molecule has 0 aromatic carbocycles. The summed E-state index contributed by atoms with van der Waals surface area (Å²) >= 11 is 0. The van der Waals surface area contributed by atoms with E-state index in [1.54, 1.807) is 6.08 Å². The number of hydrogen-bond acceptors (Lipinski definition) is 4. The van der Waals surface area contributed by atoms with E-state index in [-0.39, 0.29) is 0 Å². The first-order valence-corrected chi connectivity index (χ1v) is 6.88. The van der Waals surface area contributed by atoms with E-state index in [2.05, 4.69) is 11.6 Å².